The Kier molecular flexibility index (Phi) is 8.05. The number of aromatic nitrogens is 1. The van der Waals surface area contributed by atoms with Crippen molar-refractivity contribution in [2.24, 2.45) is 0 Å². The van der Waals surface area contributed by atoms with Gasteiger partial charge in [0.15, 0.2) is 12.0 Å². The van der Waals surface area contributed by atoms with Gasteiger partial charge in [-0.1, -0.05) is 30.3 Å². The maximum absolute atomic E-state index is 12.4. The molecule has 0 unspecified atom stereocenters. The number of anilines is 1. The largest absolute Gasteiger partial charge is 0.507 e. The Morgan fingerprint density at radius 3 is 2.45 bits per heavy atom. The maximum Gasteiger partial charge on any atom is 0.344 e. The number of pyridine rings is 1. The lowest BCUT2D eigenvalue weighted by Gasteiger charge is -2.18. The first-order valence-electron chi connectivity index (χ1n) is 15.6. The summed E-state index contributed by atoms with van der Waals surface area (Å²) in [6, 6.07) is 25.6. The van der Waals surface area contributed by atoms with E-state index in [1.165, 1.54) is 12.1 Å². The Balaban J connectivity index is 1.42. The van der Waals surface area contributed by atoms with E-state index in [1.54, 1.807) is 61.5 Å². The second-order valence-corrected chi connectivity index (χ2v) is 11.5. The number of hydrogen-bond acceptors (Lipinski definition) is 9. The first-order valence-corrected chi connectivity index (χ1v) is 15.6. The lowest BCUT2D eigenvalue weighted by Crippen LogP contribution is -2.14. The fourth-order valence-electron chi connectivity index (χ4n) is 6.16. The molecule has 0 amide bonds. The standard InChI is InChI=1S/C39H30N2O8/c1-3-47-34(44)20-48-25-17-23-9-8-21(2)41-36(23)32(18-25)40-19-31-33(43)15-14-30-35(27-6-4-5-7-28(27)39(45)46)29-12-10-22-16-24(42)11-13-26(22)37(29)49-38(30)31/h4-18,40,43H,3,19-20H2,1-2H3,(H,45,46). The topological polar surface area (TPSA) is 148 Å². The molecule has 2 heterocycles. The maximum atomic E-state index is 12.4. The van der Waals surface area contributed by atoms with Crippen molar-refractivity contribution in [1.82, 2.24) is 4.98 Å². The highest BCUT2D eigenvalue weighted by molar-refractivity contribution is 6.17. The van der Waals surface area contributed by atoms with E-state index in [-0.39, 0.29) is 36.5 Å². The number of rotatable bonds is 9. The highest BCUT2D eigenvalue weighted by Gasteiger charge is 2.22. The molecule has 0 aliphatic heterocycles. The number of carboxylic acids is 1. The second kappa shape index (κ2) is 12.6. The number of nitrogens with zero attached hydrogens (tertiary/aromatic N) is 1. The fourth-order valence-corrected chi connectivity index (χ4v) is 6.16. The molecule has 0 radical (unpaired) electrons. The SMILES string of the molecule is CCOC(=O)COc1cc(NCc2c(O)ccc3c(-c4ccccc4C(=O)O)c4ccc5cc(=O)ccc5c4oc23)c2nc(C)ccc2c1. The summed E-state index contributed by atoms with van der Waals surface area (Å²) in [5, 5.41) is 28.2. The van der Waals surface area contributed by atoms with Crippen LogP contribution in [0.3, 0.4) is 0 Å². The summed E-state index contributed by atoms with van der Waals surface area (Å²) >= 11 is 0. The van der Waals surface area contributed by atoms with E-state index in [1.807, 2.05) is 31.2 Å². The Hall–Kier alpha value is -6.42. The van der Waals surface area contributed by atoms with Gasteiger partial charge in [0, 0.05) is 45.4 Å². The molecule has 49 heavy (non-hydrogen) atoms. The minimum Gasteiger partial charge on any atom is -0.507 e. The molecular formula is C39H30N2O8. The lowest BCUT2D eigenvalue weighted by molar-refractivity contribution is -0.145. The Labute approximate surface area is 279 Å². The number of aromatic hydroxyl groups is 1. The number of ether oxygens (including phenoxy) is 2. The molecular weight excluding hydrogens is 624 g/mol. The van der Waals surface area contributed by atoms with Crippen LogP contribution in [0.15, 0.2) is 100 Å². The predicted octanol–water partition coefficient (Wildman–Crippen LogP) is 7.58. The molecule has 0 spiro atoms. The quantitative estimate of drug-likeness (QED) is 0.0808. The summed E-state index contributed by atoms with van der Waals surface area (Å²) in [6.07, 6.45) is 0. The molecule has 10 heteroatoms. The van der Waals surface area contributed by atoms with E-state index >= 15 is 0 Å². The van der Waals surface area contributed by atoms with E-state index in [0.717, 1.165) is 11.1 Å². The number of carbonyl (C=O) groups excluding carboxylic acids is 1. The normalized spacial score (nSPS) is 11.3. The molecule has 244 valence electrons. The van der Waals surface area contributed by atoms with Crippen molar-refractivity contribution in [3.63, 3.8) is 0 Å². The van der Waals surface area contributed by atoms with E-state index in [9.17, 15) is 24.6 Å². The predicted molar refractivity (Wildman–Crippen MR) is 187 cm³/mol. The number of carbonyl (C=O) groups is 2. The van der Waals surface area contributed by atoms with Crippen LogP contribution in [0.25, 0.3) is 54.7 Å². The zero-order valence-corrected chi connectivity index (χ0v) is 26.6. The minimum absolute atomic E-state index is 0.0502. The molecule has 0 fully saturated rings. The zero-order chi connectivity index (χ0) is 34.2. The van der Waals surface area contributed by atoms with E-state index in [2.05, 4.69) is 5.32 Å². The molecule has 0 saturated heterocycles. The highest BCUT2D eigenvalue weighted by atomic mass is 16.6. The molecule has 5 aromatic carbocycles. The van der Waals surface area contributed by atoms with Crippen LogP contribution in [0.4, 0.5) is 5.69 Å². The zero-order valence-electron chi connectivity index (χ0n) is 26.6. The van der Waals surface area contributed by atoms with Crippen molar-refractivity contribution >= 4 is 61.2 Å². The summed E-state index contributed by atoms with van der Waals surface area (Å²) < 4.78 is 17.4. The summed E-state index contributed by atoms with van der Waals surface area (Å²) in [7, 11) is 0. The Morgan fingerprint density at radius 1 is 0.878 bits per heavy atom. The third-order valence-corrected chi connectivity index (χ3v) is 8.37. The van der Waals surface area contributed by atoms with Crippen molar-refractivity contribution in [2.75, 3.05) is 18.5 Å². The van der Waals surface area contributed by atoms with Gasteiger partial charge in [-0.3, -0.25) is 9.78 Å². The van der Waals surface area contributed by atoms with Gasteiger partial charge >= 0.3 is 11.9 Å². The number of aryl methyl sites for hydroxylation is 1. The van der Waals surface area contributed by atoms with Gasteiger partial charge in [-0.25, -0.2) is 9.59 Å². The number of aromatic carboxylic acids is 1. The first-order chi connectivity index (χ1) is 23.7. The molecule has 3 N–H and O–H groups in total. The number of nitrogens with one attached hydrogen (secondary N) is 1. The van der Waals surface area contributed by atoms with Crippen LogP contribution in [0.2, 0.25) is 0 Å². The van der Waals surface area contributed by atoms with E-state index in [0.29, 0.717) is 66.4 Å². The van der Waals surface area contributed by atoms with Gasteiger partial charge in [-0.2, -0.15) is 0 Å². The van der Waals surface area contributed by atoms with Crippen molar-refractivity contribution in [3.05, 3.63) is 118 Å². The molecule has 0 saturated carbocycles. The molecule has 2 aromatic heterocycles. The van der Waals surface area contributed by atoms with Crippen LogP contribution < -0.4 is 15.5 Å². The molecule has 0 bridgehead atoms. The molecule has 0 aliphatic rings. The van der Waals surface area contributed by atoms with Gasteiger partial charge in [-0.15, -0.1) is 0 Å². The molecule has 0 atom stereocenters. The molecule has 7 aromatic rings. The number of benzene rings is 5. The van der Waals surface area contributed by atoms with Crippen LogP contribution in [-0.4, -0.2) is 40.3 Å². The van der Waals surface area contributed by atoms with Crippen LogP contribution in [0.1, 0.15) is 28.5 Å². The number of phenolic OH excluding ortho intramolecular Hbond substituents is 1. The smallest absolute Gasteiger partial charge is 0.344 e. The van der Waals surface area contributed by atoms with Crippen LogP contribution >= 0.6 is 0 Å². The lowest BCUT2D eigenvalue weighted by atomic mass is 9.91. The van der Waals surface area contributed by atoms with E-state index < -0.39 is 11.9 Å². The Morgan fingerprint density at radius 2 is 1.63 bits per heavy atom. The van der Waals surface area contributed by atoms with Crippen LogP contribution in [-0.2, 0) is 16.1 Å². The average molecular weight is 655 g/mol. The van der Waals surface area contributed by atoms with Gasteiger partial charge in [0.1, 0.15) is 22.7 Å². The first kappa shape index (κ1) is 31.2. The number of hydrogen-bond donors (Lipinski definition) is 3. The third-order valence-electron chi connectivity index (χ3n) is 8.37. The van der Waals surface area contributed by atoms with Gasteiger partial charge in [0.25, 0.3) is 0 Å². The fraction of sp³-hybridized carbons (Fsp3) is 0.128. The van der Waals surface area contributed by atoms with Crippen molar-refractivity contribution in [1.29, 1.82) is 0 Å². The molecule has 10 nitrogen and oxygen atoms in total. The van der Waals surface area contributed by atoms with Gasteiger partial charge in [0.05, 0.1) is 28.9 Å². The van der Waals surface area contributed by atoms with Gasteiger partial charge < -0.3 is 29.4 Å². The van der Waals surface area contributed by atoms with Crippen molar-refractivity contribution in [3.8, 4) is 22.6 Å². The number of phenols is 1. The van der Waals surface area contributed by atoms with Gasteiger partial charge in [-0.05, 0) is 79.4 Å². The summed E-state index contributed by atoms with van der Waals surface area (Å²) in [6.45, 7) is 3.64. The summed E-state index contributed by atoms with van der Waals surface area (Å²) in [5.41, 5.74) is 4.24. The minimum atomic E-state index is -1.09. The highest BCUT2D eigenvalue weighted by Crippen LogP contribution is 2.43. The van der Waals surface area contributed by atoms with Crippen LogP contribution in [0.5, 0.6) is 11.5 Å². The van der Waals surface area contributed by atoms with Crippen molar-refractivity contribution in [2.45, 2.75) is 20.4 Å². The number of esters is 1. The second-order valence-electron chi connectivity index (χ2n) is 11.5. The average Bonchev–Trinajstić information content (AvgIpc) is 3.09. The summed E-state index contributed by atoms with van der Waals surface area (Å²) in [4.78, 5) is 41.4. The van der Waals surface area contributed by atoms with Crippen molar-refractivity contribution < 1.29 is 33.7 Å². The third kappa shape index (κ3) is 5.84. The number of carboxylic acid groups (broad SMARTS) is 1. The van der Waals surface area contributed by atoms with Gasteiger partial charge in [0.2, 0.25) is 0 Å². The number of fused-ring (bicyclic) bond motifs is 5. The monoisotopic (exact) mass is 654 g/mol. The van der Waals surface area contributed by atoms with E-state index in [4.69, 9.17) is 18.9 Å². The molecule has 7 rings (SSSR count). The Bertz CT molecular complexity index is 2520. The molecule has 0 aliphatic carbocycles. The van der Waals surface area contributed by atoms with Crippen LogP contribution in [0, 0.1) is 6.92 Å². The summed E-state index contributed by atoms with van der Waals surface area (Å²) in [5.74, 6) is -1.21.